The molecule has 11 heteroatoms. The van der Waals surface area contributed by atoms with Crippen LogP contribution in [0, 0.1) is 0 Å². The van der Waals surface area contributed by atoms with Gasteiger partial charge in [-0.3, -0.25) is 24.1 Å². The number of ether oxygens (including phenoxy) is 1. The number of aliphatic hydroxyl groups is 1. The van der Waals surface area contributed by atoms with Gasteiger partial charge < -0.3 is 31.5 Å². The Bertz CT molecular complexity index is 1200. The maximum Gasteiger partial charge on any atom is 0.243 e. The van der Waals surface area contributed by atoms with Crippen molar-refractivity contribution in [2.24, 2.45) is 5.73 Å². The standard InChI is InChI=1S/C31H43N5O6/c1-31(2,3)35-29(40)20-36(18-22-8-5-4-6-9-22)19-26(37)24-16-21-11-13-23(14-12-21)42-15-7-10-28(39)33-25(17-27(32)38)30(41)34-24/h4-6,8-9,11-14,24-26,37H,7,10,15-20H2,1-3H3,(H2,32,38)(H,33,39)(H,34,41)(H,35,40)/t24-,25-,26+/m0/s1. The van der Waals surface area contributed by atoms with Crippen LogP contribution < -0.4 is 26.4 Å². The fourth-order valence-corrected chi connectivity index (χ4v) is 4.72. The van der Waals surface area contributed by atoms with E-state index in [1.807, 2.05) is 68.1 Å². The number of primary amides is 1. The SMILES string of the molecule is CC(C)(C)NC(=O)CN(Cc1ccccc1)C[C@@H](O)[C@@H]1Cc2ccc(cc2)OCCCC(=O)N[C@@H](CC(N)=O)C(=O)N1. The molecule has 2 heterocycles. The molecular weight excluding hydrogens is 538 g/mol. The summed E-state index contributed by atoms with van der Waals surface area (Å²) in [6.45, 7) is 6.47. The van der Waals surface area contributed by atoms with Crippen LogP contribution in [0.4, 0.5) is 0 Å². The van der Waals surface area contributed by atoms with Crippen LogP contribution in [-0.4, -0.2) is 77.1 Å². The Kier molecular flexibility index (Phi) is 11.9. The van der Waals surface area contributed by atoms with Gasteiger partial charge in [0.15, 0.2) is 0 Å². The van der Waals surface area contributed by atoms with Crippen LogP contribution in [0.1, 0.15) is 51.2 Å². The smallest absolute Gasteiger partial charge is 0.243 e. The van der Waals surface area contributed by atoms with E-state index in [-0.39, 0.29) is 31.8 Å². The molecule has 11 nitrogen and oxygen atoms in total. The molecule has 2 aromatic rings. The molecule has 0 unspecified atom stereocenters. The summed E-state index contributed by atoms with van der Waals surface area (Å²) in [7, 11) is 0. The van der Waals surface area contributed by atoms with E-state index >= 15 is 0 Å². The Morgan fingerprint density at radius 2 is 1.79 bits per heavy atom. The molecule has 0 aromatic heterocycles. The number of carbonyl (C=O) groups is 4. The first-order chi connectivity index (χ1) is 19.9. The van der Waals surface area contributed by atoms with Crippen molar-refractivity contribution in [3.05, 3.63) is 65.7 Å². The topological polar surface area (TPSA) is 163 Å². The van der Waals surface area contributed by atoms with E-state index in [0.717, 1.165) is 11.1 Å². The van der Waals surface area contributed by atoms with Crippen LogP contribution in [0.25, 0.3) is 0 Å². The molecule has 6 N–H and O–H groups in total. The average molecular weight is 582 g/mol. The quantitative estimate of drug-likeness (QED) is 0.295. The molecule has 2 aromatic carbocycles. The molecule has 0 saturated heterocycles. The summed E-state index contributed by atoms with van der Waals surface area (Å²) in [6.07, 6.45) is -0.745. The number of nitrogens with one attached hydrogen (secondary N) is 3. The Morgan fingerprint density at radius 1 is 1.10 bits per heavy atom. The summed E-state index contributed by atoms with van der Waals surface area (Å²) < 4.78 is 5.72. The highest BCUT2D eigenvalue weighted by molar-refractivity contribution is 5.91. The monoisotopic (exact) mass is 581 g/mol. The third-order valence-corrected chi connectivity index (χ3v) is 6.62. The third-order valence-electron chi connectivity index (χ3n) is 6.62. The fourth-order valence-electron chi connectivity index (χ4n) is 4.72. The number of nitrogens with two attached hydrogens (primary N) is 1. The van der Waals surface area contributed by atoms with Crippen molar-refractivity contribution >= 4 is 23.6 Å². The van der Waals surface area contributed by atoms with Crippen LogP contribution in [0.15, 0.2) is 54.6 Å². The van der Waals surface area contributed by atoms with Crippen molar-refractivity contribution in [1.82, 2.24) is 20.9 Å². The molecule has 4 rings (SSSR count). The number of nitrogens with zero attached hydrogens (tertiary/aromatic N) is 1. The molecule has 2 aliphatic rings. The second-order valence-corrected chi connectivity index (χ2v) is 11.7. The first kappa shape index (κ1) is 32.6. The summed E-state index contributed by atoms with van der Waals surface area (Å²) in [6, 6.07) is 14.9. The highest BCUT2D eigenvalue weighted by atomic mass is 16.5. The van der Waals surface area contributed by atoms with Gasteiger partial charge >= 0.3 is 0 Å². The first-order valence-corrected chi connectivity index (χ1v) is 14.2. The second-order valence-electron chi connectivity index (χ2n) is 11.7. The van der Waals surface area contributed by atoms with E-state index in [1.165, 1.54) is 0 Å². The molecule has 2 aliphatic heterocycles. The molecular formula is C31H43N5O6. The molecule has 2 bridgehead atoms. The van der Waals surface area contributed by atoms with Gasteiger partial charge in [-0.25, -0.2) is 0 Å². The van der Waals surface area contributed by atoms with Gasteiger partial charge in [0.05, 0.1) is 31.7 Å². The normalized spacial score (nSPS) is 19.1. The summed E-state index contributed by atoms with van der Waals surface area (Å²) in [4.78, 5) is 52.3. The van der Waals surface area contributed by atoms with Crippen molar-refractivity contribution in [2.45, 2.75) is 76.7 Å². The number of aliphatic hydroxyl groups excluding tert-OH is 1. The van der Waals surface area contributed by atoms with Gasteiger partial charge in [-0.15, -0.1) is 0 Å². The summed E-state index contributed by atoms with van der Waals surface area (Å²) in [5.41, 5.74) is 6.74. The number of benzene rings is 2. The average Bonchev–Trinajstić information content (AvgIpc) is 2.90. The van der Waals surface area contributed by atoms with Crippen molar-refractivity contribution in [2.75, 3.05) is 19.7 Å². The van der Waals surface area contributed by atoms with Crippen molar-refractivity contribution in [3.63, 3.8) is 0 Å². The summed E-state index contributed by atoms with van der Waals surface area (Å²) in [5, 5.41) is 19.9. The highest BCUT2D eigenvalue weighted by Gasteiger charge is 2.30. The zero-order chi connectivity index (χ0) is 30.7. The van der Waals surface area contributed by atoms with Gasteiger partial charge in [-0.2, -0.15) is 0 Å². The van der Waals surface area contributed by atoms with Crippen molar-refractivity contribution < 1.29 is 29.0 Å². The molecule has 228 valence electrons. The lowest BCUT2D eigenvalue weighted by atomic mass is 9.99. The van der Waals surface area contributed by atoms with E-state index < -0.39 is 47.9 Å². The van der Waals surface area contributed by atoms with Crippen LogP contribution >= 0.6 is 0 Å². The molecule has 0 aliphatic carbocycles. The summed E-state index contributed by atoms with van der Waals surface area (Å²) >= 11 is 0. The Balaban J connectivity index is 1.87. The van der Waals surface area contributed by atoms with Gasteiger partial charge in [0.1, 0.15) is 11.8 Å². The minimum absolute atomic E-state index is 0.0241. The number of rotatable bonds is 9. The number of hydrogen-bond donors (Lipinski definition) is 5. The minimum atomic E-state index is -1.20. The number of hydrogen-bond acceptors (Lipinski definition) is 7. The van der Waals surface area contributed by atoms with Crippen LogP contribution in [-0.2, 0) is 32.1 Å². The second kappa shape index (κ2) is 15.3. The van der Waals surface area contributed by atoms with Gasteiger partial charge in [-0.05, 0) is 56.9 Å². The Hall–Kier alpha value is -3.96. The van der Waals surface area contributed by atoms with E-state index in [2.05, 4.69) is 16.0 Å². The number of fused-ring (bicyclic) bond motifs is 12. The van der Waals surface area contributed by atoms with Crippen molar-refractivity contribution in [1.29, 1.82) is 0 Å². The molecule has 42 heavy (non-hydrogen) atoms. The lowest BCUT2D eigenvalue weighted by molar-refractivity contribution is -0.132. The molecule has 0 fully saturated rings. The Morgan fingerprint density at radius 3 is 2.43 bits per heavy atom. The van der Waals surface area contributed by atoms with E-state index in [4.69, 9.17) is 10.5 Å². The molecule has 0 spiro atoms. The highest BCUT2D eigenvalue weighted by Crippen LogP contribution is 2.17. The lowest BCUT2D eigenvalue weighted by Crippen LogP contribution is -2.56. The molecule has 4 amide bonds. The predicted octanol–water partition coefficient (Wildman–Crippen LogP) is 1.02. The molecule has 3 atom stereocenters. The van der Waals surface area contributed by atoms with E-state index in [1.54, 1.807) is 12.1 Å². The zero-order valence-electron chi connectivity index (χ0n) is 24.6. The van der Waals surface area contributed by atoms with Crippen molar-refractivity contribution in [3.8, 4) is 5.75 Å². The van der Waals surface area contributed by atoms with Gasteiger partial charge in [-0.1, -0.05) is 42.5 Å². The molecule has 0 saturated carbocycles. The molecule has 0 radical (unpaired) electrons. The van der Waals surface area contributed by atoms with Gasteiger partial charge in [0, 0.05) is 25.0 Å². The Labute approximate surface area is 247 Å². The predicted molar refractivity (Wildman–Crippen MR) is 158 cm³/mol. The van der Waals surface area contributed by atoms with Gasteiger partial charge in [0.25, 0.3) is 0 Å². The minimum Gasteiger partial charge on any atom is -0.494 e. The maximum atomic E-state index is 13.4. The maximum absolute atomic E-state index is 13.4. The third kappa shape index (κ3) is 11.5. The van der Waals surface area contributed by atoms with E-state index in [9.17, 15) is 24.3 Å². The zero-order valence-corrected chi connectivity index (χ0v) is 24.6. The number of carbonyl (C=O) groups excluding carboxylic acids is 4. The van der Waals surface area contributed by atoms with E-state index in [0.29, 0.717) is 25.3 Å². The first-order valence-electron chi connectivity index (χ1n) is 14.2. The lowest BCUT2D eigenvalue weighted by Gasteiger charge is -2.32. The fraction of sp³-hybridized carbons (Fsp3) is 0.484. The van der Waals surface area contributed by atoms with Crippen LogP contribution in [0.2, 0.25) is 0 Å². The largest absolute Gasteiger partial charge is 0.494 e. The number of amides is 4. The van der Waals surface area contributed by atoms with Crippen LogP contribution in [0.3, 0.4) is 0 Å². The summed E-state index contributed by atoms with van der Waals surface area (Å²) in [5.74, 6) is -1.35. The van der Waals surface area contributed by atoms with Gasteiger partial charge in [0.2, 0.25) is 23.6 Å². The van der Waals surface area contributed by atoms with Crippen LogP contribution in [0.5, 0.6) is 5.75 Å².